The van der Waals surface area contributed by atoms with Crippen molar-refractivity contribution < 1.29 is 4.74 Å². The molecule has 0 spiro atoms. The van der Waals surface area contributed by atoms with Crippen LogP contribution >= 0.6 is 0 Å². The minimum absolute atomic E-state index is 0.814. The standard InChI is InChI=1S/C30H45NO/c1-3-5-6-7-8-9-10-11-12-13-14-15-16-25-32-30-23-19-28(20-24-30)26-31-29-21-17-27(4-2)18-22-29/h17-24,26H,3-16,25H2,1-2H3. The van der Waals surface area contributed by atoms with Crippen LogP contribution in [0.15, 0.2) is 53.5 Å². The molecule has 0 fully saturated rings. The summed E-state index contributed by atoms with van der Waals surface area (Å²) in [4.78, 5) is 4.56. The number of aliphatic imine (C=N–C) groups is 1. The first-order valence-corrected chi connectivity index (χ1v) is 13.2. The fourth-order valence-corrected chi connectivity index (χ4v) is 3.93. The number of benzene rings is 2. The highest BCUT2D eigenvalue weighted by atomic mass is 16.5. The summed E-state index contributed by atoms with van der Waals surface area (Å²) < 4.78 is 5.90. The zero-order chi connectivity index (χ0) is 22.7. The van der Waals surface area contributed by atoms with Crippen LogP contribution in [0.2, 0.25) is 0 Å². The molecule has 2 nitrogen and oxygen atoms in total. The van der Waals surface area contributed by atoms with Crippen LogP contribution in [0.5, 0.6) is 5.75 Å². The van der Waals surface area contributed by atoms with E-state index in [2.05, 4.69) is 55.2 Å². The molecule has 0 saturated heterocycles. The second-order valence-corrected chi connectivity index (χ2v) is 8.94. The maximum atomic E-state index is 5.90. The maximum absolute atomic E-state index is 5.90. The molecule has 176 valence electrons. The lowest BCUT2D eigenvalue weighted by atomic mass is 10.0. The van der Waals surface area contributed by atoms with E-state index in [4.69, 9.17) is 4.74 Å². The summed E-state index contributed by atoms with van der Waals surface area (Å²) in [5, 5.41) is 0. The lowest BCUT2D eigenvalue weighted by molar-refractivity contribution is 0.304. The summed E-state index contributed by atoms with van der Waals surface area (Å²) in [6.45, 7) is 5.27. The van der Waals surface area contributed by atoms with Gasteiger partial charge in [0, 0.05) is 6.21 Å². The van der Waals surface area contributed by atoms with E-state index in [0.717, 1.165) is 36.4 Å². The Morgan fingerprint density at radius 2 is 1.16 bits per heavy atom. The summed E-state index contributed by atoms with van der Waals surface area (Å²) in [6.07, 6.45) is 20.9. The lowest BCUT2D eigenvalue weighted by Crippen LogP contribution is -1.97. The Morgan fingerprint density at radius 1 is 0.625 bits per heavy atom. The van der Waals surface area contributed by atoms with Crippen molar-refractivity contribution in [2.45, 2.75) is 104 Å². The van der Waals surface area contributed by atoms with Crippen molar-refractivity contribution in [3.8, 4) is 5.75 Å². The van der Waals surface area contributed by atoms with Crippen LogP contribution in [0.25, 0.3) is 0 Å². The third-order valence-corrected chi connectivity index (χ3v) is 6.10. The van der Waals surface area contributed by atoms with E-state index in [1.165, 1.54) is 82.6 Å². The molecule has 2 rings (SSSR count). The molecular formula is C30H45NO. The predicted octanol–water partition coefficient (Wildman–Crippen LogP) is 9.47. The summed E-state index contributed by atoms with van der Waals surface area (Å²) >= 11 is 0. The van der Waals surface area contributed by atoms with Crippen LogP contribution in [0, 0.1) is 0 Å². The van der Waals surface area contributed by atoms with Crippen LogP contribution in [-0.4, -0.2) is 12.8 Å². The molecule has 0 amide bonds. The Hall–Kier alpha value is -2.09. The molecule has 0 aliphatic heterocycles. The van der Waals surface area contributed by atoms with Crippen molar-refractivity contribution in [1.29, 1.82) is 0 Å². The Bertz CT molecular complexity index is 718. The van der Waals surface area contributed by atoms with Crippen LogP contribution in [0.1, 0.15) is 108 Å². The largest absolute Gasteiger partial charge is 0.494 e. The van der Waals surface area contributed by atoms with Gasteiger partial charge in [-0.15, -0.1) is 0 Å². The molecule has 0 heterocycles. The summed E-state index contributed by atoms with van der Waals surface area (Å²) in [7, 11) is 0. The third kappa shape index (κ3) is 12.1. The first-order valence-electron chi connectivity index (χ1n) is 13.2. The molecule has 0 saturated carbocycles. The van der Waals surface area contributed by atoms with Gasteiger partial charge in [0.25, 0.3) is 0 Å². The molecule has 0 atom stereocenters. The van der Waals surface area contributed by atoms with Crippen molar-refractivity contribution in [3.63, 3.8) is 0 Å². The van der Waals surface area contributed by atoms with Crippen LogP contribution < -0.4 is 4.74 Å². The van der Waals surface area contributed by atoms with Crippen molar-refractivity contribution >= 4 is 11.9 Å². The molecular weight excluding hydrogens is 390 g/mol. The van der Waals surface area contributed by atoms with E-state index in [-0.39, 0.29) is 0 Å². The van der Waals surface area contributed by atoms with Crippen LogP contribution in [-0.2, 0) is 6.42 Å². The van der Waals surface area contributed by atoms with Gasteiger partial charge in [-0.25, -0.2) is 0 Å². The monoisotopic (exact) mass is 435 g/mol. The van der Waals surface area contributed by atoms with Crippen molar-refractivity contribution in [2.75, 3.05) is 6.61 Å². The topological polar surface area (TPSA) is 21.6 Å². The zero-order valence-corrected chi connectivity index (χ0v) is 20.7. The van der Waals surface area contributed by atoms with Gasteiger partial charge in [0.15, 0.2) is 0 Å². The van der Waals surface area contributed by atoms with Gasteiger partial charge in [-0.2, -0.15) is 0 Å². The van der Waals surface area contributed by atoms with Gasteiger partial charge in [0.2, 0.25) is 0 Å². The smallest absolute Gasteiger partial charge is 0.119 e. The van der Waals surface area contributed by atoms with E-state index in [1.807, 2.05) is 18.3 Å². The zero-order valence-electron chi connectivity index (χ0n) is 20.7. The molecule has 0 aliphatic rings. The fraction of sp³-hybridized carbons (Fsp3) is 0.567. The highest BCUT2D eigenvalue weighted by Gasteiger charge is 1.97. The highest BCUT2D eigenvalue weighted by Crippen LogP contribution is 2.16. The Morgan fingerprint density at radius 3 is 1.69 bits per heavy atom. The van der Waals surface area contributed by atoms with Crippen LogP contribution in [0.3, 0.4) is 0 Å². The molecule has 32 heavy (non-hydrogen) atoms. The van der Waals surface area contributed by atoms with Gasteiger partial charge in [-0.3, -0.25) is 4.99 Å². The second-order valence-electron chi connectivity index (χ2n) is 8.94. The molecule has 2 heteroatoms. The molecule has 2 aromatic rings. The molecule has 0 bridgehead atoms. The van der Waals surface area contributed by atoms with Crippen molar-refractivity contribution in [2.24, 2.45) is 4.99 Å². The SMILES string of the molecule is CCCCCCCCCCCCCCCOc1ccc(C=Nc2ccc(CC)cc2)cc1. The van der Waals surface area contributed by atoms with E-state index >= 15 is 0 Å². The highest BCUT2D eigenvalue weighted by molar-refractivity contribution is 5.82. The summed E-state index contributed by atoms with van der Waals surface area (Å²) in [6, 6.07) is 16.7. The average Bonchev–Trinajstić information content (AvgIpc) is 2.84. The minimum Gasteiger partial charge on any atom is -0.494 e. The normalized spacial score (nSPS) is 11.3. The third-order valence-electron chi connectivity index (χ3n) is 6.10. The number of nitrogens with zero attached hydrogens (tertiary/aromatic N) is 1. The summed E-state index contributed by atoms with van der Waals surface area (Å²) in [5.41, 5.74) is 3.43. The van der Waals surface area contributed by atoms with E-state index in [9.17, 15) is 0 Å². The average molecular weight is 436 g/mol. The number of aryl methyl sites for hydroxylation is 1. The molecule has 0 radical (unpaired) electrons. The van der Waals surface area contributed by atoms with Crippen LogP contribution in [0.4, 0.5) is 5.69 Å². The summed E-state index contributed by atoms with van der Waals surface area (Å²) in [5.74, 6) is 0.952. The number of hydrogen-bond donors (Lipinski definition) is 0. The first-order chi connectivity index (χ1) is 15.8. The van der Waals surface area contributed by atoms with Crippen molar-refractivity contribution in [3.05, 3.63) is 59.7 Å². The lowest BCUT2D eigenvalue weighted by Gasteiger charge is -2.06. The Labute approximate surface area is 197 Å². The molecule has 0 aliphatic carbocycles. The molecule has 0 aromatic heterocycles. The number of unbranched alkanes of at least 4 members (excludes halogenated alkanes) is 12. The fourth-order valence-electron chi connectivity index (χ4n) is 3.93. The first kappa shape index (κ1) is 26.2. The van der Waals surface area contributed by atoms with E-state index in [1.54, 1.807) is 0 Å². The van der Waals surface area contributed by atoms with Gasteiger partial charge in [0.05, 0.1) is 12.3 Å². The van der Waals surface area contributed by atoms with Crippen molar-refractivity contribution in [1.82, 2.24) is 0 Å². The van der Waals surface area contributed by atoms with Gasteiger partial charge >= 0.3 is 0 Å². The minimum atomic E-state index is 0.814. The number of hydrogen-bond acceptors (Lipinski definition) is 2. The molecule has 2 aromatic carbocycles. The van der Waals surface area contributed by atoms with Gasteiger partial charge in [0.1, 0.15) is 5.75 Å². The van der Waals surface area contributed by atoms with E-state index < -0.39 is 0 Å². The Kier molecular flexibility index (Phi) is 14.3. The number of ether oxygens (including phenoxy) is 1. The molecule has 0 unspecified atom stereocenters. The van der Waals surface area contributed by atoms with Gasteiger partial charge in [-0.05, 0) is 60.4 Å². The quantitative estimate of drug-likeness (QED) is 0.169. The predicted molar refractivity (Wildman–Crippen MR) is 141 cm³/mol. The van der Waals surface area contributed by atoms with E-state index in [0.29, 0.717) is 0 Å². The van der Waals surface area contributed by atoms with Gasteiger partial charge in [-0.1, -0.05) is 103 Å². The molecule has 0 N–H and O–H groups in total. The van der Waals surface area contributed by atoms with Gasteiger partial charge < -0.3 is 4.74 Å². The number of rotatable bonds is 18. The maximum Gasteiger partial charge on any atom is 0.119 e. The Balaban J connectivity index is 1.47. The second kappa shape index (κ2) is 17.5.